The van der Waals surface area contributed by atoms with Crippen LogP contribution in [0, 0.1) is 5.41 Å². The second kappa shape index (κ2) is 6.23. The second-order valence-electron chi connectivity index (χ2n) is 4.27. The van der Waals surface area contributed by atoms with Crippen LogP contribution < -0.4 is 0 Å². The lowest BCUT2D eigenvalue weighted by Crippen LogP contribution is -2.33. The van der Waals surface area contributed by atoms with Gasteiger partial charge in [0.05, 0.1) is 0 Å². The van der Waals surface area contributed by atoms with Gasteiger partial charge in [0.1, 0.15) is 0 Å². The normalized spacial score (nSPS) is 19.8. The van der Waals surface area contributed by atoms with Crippen molar-refractivity contribution >= 4 is 24.4 Å². The van der Waals surface area contributed by atoms with Crippen molar-refractivity contribution in [3.63, 3.8) is 0 Å². The summed E-state index contributed by atoms with van der Waals surface area (Å²) in [5.41, 5.74) is 0.639. The summed E-state index contributed by atoms with van der Waals surface area (Å²) in [5.74, 6) is 3.83. The van der Waals surface area contributed by atoms with Gasteiger partial charge < -0.3 is 0 Å². The molecule has 0 aliphatic heterocycles. The molecule has 0 spiro atoms. The molecule has 2 heteroatoms. The molecule has 0 aromatic rings. The molecular formula is C11H22S2. The monoisotopic (exact) mass is 218 g/mol. The molecule has 1 aliphatic carbocycles. The van der Waals surface area contributed by atoms with Gasteiger partial charge in [0.2, 0.25) is 0 Å². The van der Waals surface area contributed by atoms with Crippen LogP contribution in [0.1, 0.15) is 45.4 Å². The van der Waals surface area contributed by atoms with Gasteiger partial charge >= 0.3 is 0 Å². The minimum atomic E-state index is 0.639. The van der Waals surface area contributed by atoms with Crippen LogP contribution in [0.25, 0.3) is 0 Å². The third-order valence-corrected chi connectivity index (χ3v) is 5.11. The fourth-order valence-corrected chi connectivity index (χ4v) is 3.72. The van der Waals surface area contributed by atoms with E-state index < -0.39 is 0 Å². The van der Waals surface area contributed by atoms with Gasteiger partial charge in [-0.1, -0.05) is 26.2 Å². The predicted octanol–water partition coefficient (Wildman–Crippen LogP) is 4.01. The average molecular weight is 218 g/mol. The first-order valence-electron chi connectivity index (χ1n) is 5.51. The van der Waals surface area contributed by atoms with Gasteiger partial charge in [-0.15, -0.1) is 0 Å². The molecule has 0 N–H and O–H groups in total. The number of unbranched alkanes of at least 4 members (excludes halogenated alkanes) is 2. The summed E-state index contributed by atoms with van der Waals surface area (Å²) in [4.78, 5) is 0. The number of thiol groups is 1. The average Bonchev–Trinajstić information content (AvgIpc) is 2.09. The molecule has 0 aromatic heterocycles. The standard InChI is InChI=1S/C11H22S2/c1-2-3-4-8-13-10-11(9-12)6-5-7-11/h12H,2-10H2,1H3. The SMILES string of the molecule is CCCCCSCC1(CS)CCC1. The number of hydrogen-bond donors (Lipinski definition) is 1. The zero-order valence-electron chi connectivity index (χ0n) is 8.72. The predicted molar refractivity (Wildman–Crippen MR) is 67.0 cm³/mol. The third kappa shape index (κ3) is 3.75. The van der Waals surface area contributed by atoms with E-state index in [1.54, 1.807) is 0 Å². The van der Waals surface area contributed by atoms with E-state index in [0.717, 1.165) is 5.75 Å². The zero-order valence-corrected chi connectivity index (χ0v) is 10.4. The van der Waals surface area contributed by atoms with Crippen LogP contribution in [0.4, 0.5) is 0 Å². The van der Waals surface area contributed by atoms with E-state index in [2.05, 4.69) is 31.3 Å². The van der Waals surface area contributed by atoms with Crippen molar-refractivity contribution in [2.24, 2.45) is 5.41 Å². The highest BCUT2D eigenvalue weighted by Crippen LogP contribution is 2.44. The first-order chi connectivity index (χ1) is 6.33. The van der Waals surface area contributed by atoms with E-state index in [1.807, 2.05) is 0 Å². The van der Waals surface area contributed by atoms with Crippen molar-refractivity contribution in [3.8, 4) is 0 Å². The molecule has 0 bridgehead atoms. The van der Waals surface area contributed by atoms with Crippen LogP contribution in [0.2, 0.25) is 0 Å². The summed E-state index contributed by atoms with van der Waals surface area (Å²) < 4.78 is 0. The molecule has 0 nitrogen and oxygen atoms in total. The van der Waals surface area contributed by atoms with Crippen molar-refractivity contribution in [2.45, 2.75) is 45.4 Å². The van der Waals surface area contributed by atoms with Gasteiger partial charge in [0, 0.05) is 0 Å². The van der Waals surface area contributed by atoms with E-state index in [-0.39, 0.29) is 0 Å². The Morgan fingerprint density at radius 1 is 1.31 bits per heavy atom. The summed E-state index contributed by atoms with van der Waals surface area (Å²) in [5, 5.41) is 0. The van der Waals surface area contributed by atoms with Crippen molar-refractivity contribution in [3.05, 3.63) is 0 Å². The maximum absolute atomic E-state index is 4.46. The van der Waals surface area contributed by atoms with Gasteiger partial charge in [0.15, 0.2) is 0 Å². The molecule has 1 saturated carbocycles. The van der Waals surface area contributed by atoms with Gasteiger partial charge in [-0.25, -0.2) is 0 Å². The second-order valence-corrected chi connectivity index (χ2v) is 5.69. The van der Waals surface area contributed by atoms with Crippen molar-refractivity contribution in [2.75, 3.05) is 17.3 Å². The summed E-state index contributed by atoms with van der Waals surface area (Å²) in [7, 11) is 0. The molecule has 0 saturated heterocycles. The van der Waals surface area contributed by atoms with E-state index in [9.17, 15) is 0 Å². The lowest BCUT2D eigenvalue weighted by molar-refractivity contribution is 0.205. The van der Waals surface area contributed by atoms with Crippen molar-refractivity contribution < 1.29 is 0 Å². The number of thioether (sulfide) groups is 1. The Balaban J connectivity index is 1.98. The quantitative estimate of drug-likeness (QED) is 0.497. The van der Waals surface area contributed by atoms with Gasteiger partial charge in [-0.3, -0.25) is 0 Å². The Morgan fingerprint density at radius 3 is 2.54 bits per heavy atom. The fourth-order valence-electron chi connectivity index (χ4n) is 1.77. The third-order valence-electron chi connectivity index (χ3n) is 3.05. The minimum absolute atomic E-state index is 0.639. The molecule has 13 heavy (non-hydrogen) atoms. The zero-order chi connectivity index (χ0) is 9.57. The first-order valence-corrected chi connectivity index (χ1v) is 7.30. The highest BCUT2D eigenvalue weighted by molar-refractivity contribution is 7.99. The highest BCUT2D eigenvalue weighted by atomic mass is 32.2. The number of hydrogen-bond acceptors (Lipinski definition) is 2. The lowest BCUT2D eigenvalue weighted by Gasteiger charge is -2.40. The minimum Gasteiger partial charge on any atom is -0.179 e. The summed E-state index contributed by atoms with van der Waals surface area (Å²) >= 11 is 6.61. The first kappa shape index (κ1) is 11.8. The summed E-state index contributed by atoms with van der Waals surface area (Å²) in [6.45, 7) is 2.27. The summed E-state index contributed by atoms with van der Waals surface area (Å²) in [6, 6.07) is 0. The molecule has 0 heterocycles. The molecule has 1 rings (SSSR count). The molecule has 0 radical (unpaired) electrons. The molecule has 0 amide bonds. The highest BCUT2D eigenvalue weighted by Gasteiger charge is 2.34. The van der Waals surface area contributed by atoms with Crippen LogP contribution in [0.15, 0.2) is 0 Å². The van der Waals surface area contributed by atoms with E-state index >= 15 is 0 Å². The maximum Gasteiger partial charge on any atom is -0.000300 e. The van der Waals surface area contributed by atoms with Crippen LogP contribution in [-0.2, 0) is 0 Å². The molecule has 1 fully saturated rings. The molecule has 0 unspecified atom stereocenters. The summed E-state index contributed by atoms with van der Waals surface area (Å²) in [6.07, 6.45) is 8.45. The number of rotatable bonds is 7. The van der Waals surface area contributed by atoms with Gasteiger partial charge in [-0.05, 0) is 41.9 Å². The Hall–Kier alpha value is 0.700. The van der Waals surface area contributed by atoms with E-state index in [4.69, 9.17) is 0 Å². The van der Waals surface area contributed by atoms with Crippen LogP contribution in [-0.4, -0.2) is 17.3 Å². The van der Waals surface area contributed by atoms with Gasteiger partial charge in [0.25, 0.3) is 0 Å². The van der Waals surface area contributed by atoms with Crippen molar-refractivity contribution in [1.29, 1.82) is 0 Å². The van der Waals surface area contributed by atoms with Crippen LogP contribution in [0.5, 0.6) is 0 Å². The van der Waals surface area contributed by atoms with Gasteiger partial charge in [-0.2, -0.15) is 24.4 Å². The molecule has 0 atom stereocenters. The fraction of sp³-hybridized carbons (Fsp3) is 1.00. The smallest absolute Gasteiger partial charge is 0.000300 e. The Kier molecular flexibility index (Phi) is 5.65. The Labute approximate surface area is 92.7 Å². The van der Waals surface area contributed by atoms with Crippen LogP contribution in [0.3, 0.4) is 0 Å². The topological polar surface area (TPSA) is 0 Å². The lowest BCUT2D eigenvalue weighted by atomic mass is 9.72. The Bertz CT molecular complexity index is 125. The van der Waals surface area contributed by atoms with E-state index in [1.165, 1.54) is 50.0 Å². The molecule has 1 aliphatic rings. The molecule has 0 aromatic carbocycles. The van der Waals surface area contributed by atoms with Crippen LogP contribution >= 0.6 is 24.4 Å². The van der Waals surface area contributed by atoms with E-state index in [0.29, 0.717) is 5.41 Å². The largest absolute Gasteiger partial charge is 0.179 e. The molecule has 78 valence electrons. The Morgan fingerprint density at radius 2 is 2.08 bits per heavy atom. The molecular weight excluding hydrogens is 196 g/mol. The maximum atomic E-state index is 4.46. The van der Waals surface area contributed by atoms with Crippen molar-refractivity contribution in [1.82, 2.24) is 0 Å².